The Morgan fingerprint density at radius 1 is 1.11 bits per heavy atom. The Labute approximate surface area is 161 Å². The molecule has 0 fully saturated rings. The van der Waals surface area contributed by atoms with Crippen LogP contribution in [-0.2, 0) is 19.3 Å². The van der Waals surface area contributed by atoms with E-state index in [9.17, 15) is 23.1 Å². The number of benzene rings is 2. The number of halogens is 4. The zero-order valence-corrected chi connectivity index (χ0v) is 15.7. The van der Waals surface area contributed by atoms with Crippen molar-refractivity contribution >= 4 is 18.2 Å². The summed E-state index contributed by atoms with van der Waals surface area (Å²) in [7, 11) is 0. The third kappa shape index (κ3) is 5.37. The molecule has 0 saturated heterocycles. The van der Waals surface area contributed by atoms with Crippen LogP contribution < -0.4 is 10.5 Å². The summed E-state index contributed by atoms with van der Waals surface area (Å²) in [4.78, 5) is 12.0. The fraction of sp³-hybridized carbons (Fsp3) is 0.316. The second kappa shape index (κ2) is 9.10. The highest BCUT2D eigenvalue weighted by molar-refractivity contribution is 6.00. The van der Waals surface area contributed by atoms with E-state index in [4.69, 9.17) is 10.5 Å². The van der Waals surface area contributed by atoms with Gasteiger partial charge in [0.2, 0.25) is 0 Å². The second-order valence-electron chi connectivity index (χ2n) is 6.16. The Morgan fingerprint density at radius 3 is 2.15 bits per heavy atom. The summed E-state index contributed by atoms with van der Waals surface area (Å²) in [6, 6.07) is 9.13. The molecular weight excluding hydrogens is 383 g/mol. The van der Waals surface area contributed by atoms with Crippen LogP contribution >= 0.6 is 12.4 Å². The van der Waals surface area contributed by atoms with Crippen molar-refractivity contribution in [3.8, 4) is 11.5 Å². The Morgan fingerprint density at radius 2 is 1.67 bits per heavy atom. The lowest BCUT2D eigenvalue weighted by Gasteiger charge is -2.18. The van der Waals surface area contributed by atoms with Gasteiger partial charge in [-0.3, -0.25) is 4.79 Å². The number of carbonyl (C=O) groups excluding carboxylic acids is 1. The maximum Gasteiger partial charge on any atom is 0.423 e. The lowest BCUT2D eigenvalue weighted by molar-refractivity contribution is -0.140. The number of hydrogen-bond donors (Lipinski definition) is 2. The lowest BCUT2D eigenvalue weighted by atomic mass is 9.97. The molecule has 2 aromatic rings. The molecule has 0 bridgehead atoms. The number of hydrogen-bond acceptors (Lipinski definition) is 4. The van der Waals surface area contributed by atoms with Gasteiger partial charge in [0, 0.05) is 12.5 Å². The third-order valence-electron chi connectivity index (χ3n) is 3.87. The molecule has 0 aliphatic rings. The van der Waals surface area contributed by atoms with E-state index in [1.165, 1.54) is 0 Å². The first-order chi connectivity index (χ1) is 12.1. The van der Waals surface area contributed by atoms with Gasteiger partial charge in [-0.15, -0.1) is 12.4 Å². The molecule has 0 saturated carbocycles. The number of aromatic hydroxyl groups is 1. The summed E-state index contributed by atoms with van der Waals surface area (Å²) in [6.07, 6.45) is -4.86. The van der Waals surface area contributed by atoms with Crippen LogP contribution in [-0.4, -0.2) is 10.9 Å². The lowest BCUT2D eigenvalue weighted by Crippen LogP contribution is -2.14. The highest BCUT2D eigenvalue weighted by Gasteiger charge is 2.39. The van der Waals surface area contributed by atoms with Crippen molar-refractivity contribution in [2.45, 2.75) is 33.2 Å². The van der Waals surface area contributed by atoms with Gasteiger partial charge in [-0.1, -0.05) is 38.1 Å². The van der Waals surface area contributed by atoms with E-state index in [0.29, 0.717) is 12.1 Å². The Kier molecular flexibility index (Phi) is 7.68. The highest BCUT2D eigenvalue weighted by atomic mass is 35.5. The van der Waals surface area contributed by atoms with Crippen LogP contribution in [0.2, 0.25) is 0 Å². The molecule has 0 spiro atoms. The van der Waals surface area contributed by atoms with Crippen molar-refractivity contribution < 1.29 is 27.8 Å². The maximum absolute atomic E-state index is 13.4. The number of carbonyl (C=O) groups is 1. The van der Waals surface area contributed by atoms with Gasteiger partial charge in [-0.2, -0.15) is 13.2 Å². The van der Waals surface area contributed by atoms with E-state index in [2.05, 4.69) is 0 Å². The minimum absolute atomic E-state index is 0. The molecule has 0 heterocycles. The minimum atomic E-state index is -4.86. The average molecular weight is 404 g/mol. The highest BCUT2D eigenvalue weighted by Crippen LogP contribution is 2.44. The molecule has 2 aromatic carbocycles. The van der Waals surface area contributed by atoms with E-state index in [1.54, 1.807) is 38.1 Å². The second-order valence-corrected chi connectivity index (χ2v) is 6.16. The first-order valence-electron chi connectivity index (χ1n) is 8.03. The van der Waals surface area contributed by atoms with Crippen molar-refractivity contribution in [2.24, 2.45) is 11.7 Å². The summed E-state index contributed by atoms with van der Waals surface area (Å²) in [5.41, 5.74) is 5.32. The number of Topliss-reactive ketones (excluding diaryl/α,β-unsaturated/α-hetero) is 1. The minimum Gasteiger partial charge on any atom is -0.506 e. The topological polar surface area (TPSA) is 72.5 Å². The Bertz CT molecular complexity index is 790. The van der Waals surface area contributed by atoms with Gasteiger partial charge in [0.1, 0.15) is 23.7 Å². The summed E-state index contributed by atoms with van der Waals surface area (Å²) in [5.74, 6) is -2.75. The van der Waals surface area contributed by atoms with Crippen LogP contribution in [0.3, 0.4) is 0 Å². The van der Waals surface area contributed by atoms with E-state index in [-0.39, 0.29) is 24.6 Å². The molecular formula is C19H21ClF3NO3. The Balaban J connectivity index is 0.00000364. The molecule has 8 heteroatoms. The molecule has 0 amide bonds. The van der Waals surface area contributed by atoms with Crippen molar-refractivity contribution in [3.05, 3.63) is 58.7 Å². The normalized spacial score (nSPS) is 11.2. The monoisotopic (exact) mass is 403 g/mol. The largest absolute Gasteiger partial charge is 0.506 e. The number of phenols is 1. The van der Waals surface area contributed by atoms with Gasteiger partial charge in [-0.05, 0) is 23.3 Å². The van der Waals surface area contributed by atoms with Crippen molar-refractivity contribution in [3.63, 3.8) is 0 Å². The first kappa shape index (κ1) is 22.8. The van der Waals surface area contributed by atoms with Crippen molar-refractivity contribution in [1.29, 1.82) is 0 Å². The van der Waals surface area contributed by atoms with Crippen LogP contribution in [0, 0.1) is 5.92 Å². The molecule has 0 aliphatic heterocycles. The third-order valence-corrected chi connectivity index (χ3v) is 3.87. The molecule has 0 radical (unpaired) electrons. The van der Waals surface area contributed by atoms with Crippen LogP contribution in [0.25, 0.3) is 0 Å². The first-order valence-corrected chi connectivity index (χ1v) is 8.03. The molecule has 3 N–H and O–H groups in total. The number of rotatable bonds is 6. The van der Waals surface area contributed by atoms with Crippen LogP contribution in [0.4, 0.5) is 13.2 Å². The van der Waals surface area contributed by atoms with Crippen molar-refractivity contribution in [2.75, 3.05) is 0 Å². The predicted octanol–water partition coefficient (Wildman–Crippen LogP) is 4.71. The smallest absolute Gasteiger partial charge is 0.423 e. The molecule has 2 rings (SSSR count). The standard InChI is InChI=1S/C19H20F3NO3.ClH/c1-11(2)17(24)14-7-8-15(16(18(14)25)19(20,21)22)26-10-13-5-3-12(9-23)4-6-13;/h3-8,11,25H,9-10,23H2,1-2H3;1H. The molecule has 27 heavy (non-hydrogen) atoms. The molecule has 0 aliphatic carbocycles. The number of ketones is 1. The molecule has 0 aromatic heterocycles. The number of phenolic OH excluding ortho intramolecular Hbond substituents is 1. The summed E-state index contributed by atoms with van der Waals surface area (Å²) < 4.78 is 45.5. The molecule has 0 atom stereocenters. The summed E-state index contributed by atoms with van der Waals surface area (Å²) >= 11 is 0. The van der Waals surface area contributed by atoms with Gasteiger partial charge < -0.3 is 15.6 Å². The SMILES string of the molecule is CC(C)C(=O)c1ccc(OCc2ccc(CN)cc2)c(C(F)(F)F)c1O.Cl. The predicted molar refractivity (Wildman–Crippen MR) is 98.2 cm³/mol. The van der Waals surface area contributed by atoms with Gasteiger partial charge in [0.15, 0.2) is 5.78 Å². The van der Waals surface area contributed by atoms with Gasteiger partial charge in [0.05, 0.1) is 5.56 Å². The fourth-order valence-corrected chi connectivity index (χ4v) is 2.41. The molecule has 4 nitrogen and oxygen atoms in total. The summed E-state index contributed by atoms with van der Waals surface area (Å²) in [5, 5.41) is 10.1. The fourth-order valence-electron chi connectivity index (χ4n) is 2.41. The maximum atomic E-state index is 13.4. The van der Waals surface area contributed by atoms with E-state index >= 15 is 0 Å². The van der Waals surface area contributed by atoms with Gasteiger partial charge in [-0.25, -0.2) is 0 Å². The molecule has 0 unspecified atom stereocenters. The number of ether oxygens (including phenoxy) is 1. The van der Waals surface area contributed by atoms with E-state index in [0.717, 1.165) is 17.7 Å². The average Bonchev–Trinajstić information content (AvgIpc) is 2.58. The molecule has 148 valence electrons. The zero-order chi connectivity index (χ0) is 19.5. The zero-order valence-electron chi connectivity index (χ0n) is 14.8. The quantitative estimate of drug-likeness (QED) is 0.685. The van der Waals surface area contributed by atoms with Crippen LogP contribution in [0.5, 0.6) is 11.5 Å². The van der Waals surface area contributed by atoms with Crippen LogP contribution in [0.1, 0.15) is 40.9 Å². The van der Waals surface area contributed by atoms with Crippen molar-refractivity contribution in [1.82, 2.24) is 0 Å². The van der Waals surface area contributed by atoms with E-state index in [1.807, 2.05) is 0 Å². The van der Waals surface area contributed by atoms with Gasteiger partial charge >= 0.3 is 6.18 Å². The number of nitrogens with two attached hydrogens (primary N) is 1. The Hall–Kier alpha value is -2.25. The van der Waals surface area contributed by atoms with Crippen LogP contribution in [0.15, 0.2) is 36.4 Å². The van der Waals surface area contributed by atoms with Gasteiger partial charge in [0.25, 0.3) is 0 Å². The van der Waals surface area contributed by atoms with E-state index < -0.39 is 34.9 Å². The summed E-state index contributed by atoms with van der Waals surface area (Å²) in [6.45, 7) is 3.33. The number of alkyl halides is 3.